The van der Waals surface area contributed by atoms with Crippen molar-refractivity contribution in [3.63, 3.8) is 0 Å². The number of carboxylic acids is 1. The molecule has 0 saturated carbocycles. The van der Waals surface area contributed by atoms with Gasteiger partial charge >= 0.3 is 12.1 Å². The molecule has 0 radical (unpaired) electrons. The molecular formula is C21H21NO5. The second-order valence-corrected chi connectivity index (χ2v) is 7.29. The zero-order valence-corrected chi connectivity index (χ0v) is 15.2. The molecule has 140 valence electrons. The van der Waals surface area contributed by atoms with E-state index in [-0.39, 0.29) is 19.1 Å². The van der Waals surface area contributed by atoms with Crippen LogP contribution in [0.25, 0.3) is 11.1 Å². The Labute approximate surface area is 157 Å². The van der Waals surface area contributed by atoms with Crippen LogP contribution in [0.4, 0.5) is 4.79 Å². The number of fused-ring (bicyclic) bond motifs is 3. The predicted molar refractivity (Wildman–Crippen MR) is 98.4 cm³/mol. The maximum atomic E-state index is 12.7. The lowest BCUT2D eigenvalue weighted by atomic mass is 9.98. The molecule has 1 amide bonds. The summed E-state index contributed by atoms with van der Waals surface area (Å²) in [5.41, 5.74) is 3.48. The number of ether oxygens (including phenoxy) is 2. The Morgan fingerprint density at radius 3 is 2.22 bits per heavy atom. The van der Waals surface area contributed by atoms with Gasteiger partial charge in [-0.05, 0) is 36.1 Å². The van der Waals surface area contributed by atoms with Crippen molar-refractivity contribution in [2.75, 3.05) is 13.2 Å². The number of rotatable bonds is 3. The third-order valence-electron chi connectivity index (χ3n) is 5.30. The van der Waals surface area contributed by atoms with Crippen molar-refractivity contribution in [1.82, 2.24) is 4.90 Å². The zero-order valence-electron chi connectivity index (χ0n) is 15.2. The van der Waals surface area contributed by atoms with E-state index < -0.39 is 23.8 Å². The van der Waals surface area contributed by atoms with Crippen molar-refractivity contribution in [2.45, 2.75) is 31.5 Å². The number of carboxylic acid groups (broad SMARTS) is 1. The molecule has 2 aliphatic rings. The first-order chi connectivity index (χ1) is 12.9. The summed E-state index contributed by atoms with van der Waals surface area (Å²) in [6.45, 7) is 3.42. The molecule has 4 rings (SSSR count). The highest BCUT2D eigenvalue weighted by molar-refractivity contribution is 5.82. The van der Waals surface area contributed by atoms with Gasteiger partial charge in [0.15, 0.2) is 6.04 Å². The van der Waals surface area contributed by atoms with Crippen molar-refractivity contribution >= 4 is 12.1 Å². The van der Waals surface area contributed by atoms with Gasteiger partial charge in [-0.15, -0.1) is 0 Å². The highest BCUT2D eigenvalue weighted by atomic mass is 16.6. The summed E-state index contributed by atoms with van der Waals surface area (Å²) in [4.78, 5) is 25.3. The van der Waals surface area contributed by atoms with E-state index in [4.69, 9.17) is 9.47 Å². The summed E-state index contributed by atoms with van der Waals surface area (Å²) in [6.07, 6.45) is -0.674. The third kappa shape index (κ3) is 2.86. The van der Waals surface area contributed by atoms with Gasteiger partial charge in [0.25, 0.3) is 0 Å². The van der Waals surface area contributed by atoms with Gasteiger partial charge in [-0.1, -0.05) is 48.5 Å². The van der Waals surface area contributed by atoms with Crippen LogP contribution in [-0.4, -0.2) is 47.0 Å². The van der Waals surface area contributed by atoms with Crippen molar-refractivity contribution in [2.24, 2.45) is 0 Å². The monoisotopic (exact) mass is 367 g/mol. The maximum absolute atomic E-state index is 12.7. The minimum atomic E-state index is -1.10. The largest absolute Gasteiger partial charge is 0.480 e. The fourth-order valence-corrected chi connectivity index (χ4v) is 3.99. The molecule has 0 spiro atoms. The first-order valence-electron chi connectivity index (χ1n) is 8.91. The summed E-state index contributed by atoms with van der Waals surface area (Å²) in [7, 11) is 0. The number of aliphatic carboxylic acids is 1. The lowest BCUT2D eigenvalue weighted by Gasteiger charge is -2.31. The number of carbonyl (C=O) groups is 2. The molecule has 0 aromatic heterocycles. The number of carbonyl (C=O) groups excluding carboxylic acids is 1. The quantitative estimate of drug-likeness (QED) is 0.899. The summed E-state index contributed by atoms with van der Waals surface area (Å²) >= 11 is 0. The summed E-state index contributed by atoms with van der Waals surface area (Å²) < 4.78 is 11.1. The van der Waals surface area contributed by atoms with Crippen LogP contribution in [0.15, 0.2) is 48.5 Å². The molecule has 6 heteroatoms. The van der Waals surface area contributed by atoms with Gasteiger partial charge in [0, 0.05) is 5.92 Å². The SMILES string of the molecule is CC1(C)OCC(C(=O)O)N1C(=O)OCC1c2ccccc2-c2ccccc21. The Kier molecular flexibility index (Phi) is 4.15. The van der Waals surface area contributed by atoms with Crippen molar-refractivity contribution in [3.8, 4) is 11.1 Å². The summed E-state index contributed by atoms with van der Waals surface area (Å²) in [5.74, 6) is -1.18. The van der Waals surface area contributed by atoms with Crippen LogP contribution in [0.2, 0.25) is 0 Å². The van der Waals surface area contributed by atoms with Crippen LogP contribution in [0.3, 0.4) is 0 Å². The molecule has 0 bridgehead atoms. The maximum Gasteiger partial charge on any atom is 0.412 e. The normalized spacial score (nSPS) is 20.2. The number of hydrogen-bond acceptors (Lipinski definition) is 4. The molecule has 27 heavy (non-hydrogen) atoms. The minimum Gasteiger partial charge on any atom is -0.480 e. The molecule has 1 atom stereocenters. The molecule has 1 fully saturated rings. The van der Waals surface area contributed by atoms with E-state index in [0.717, 1.165) is 22.3 Å². The van der Waals surface area contributed by atoms with Crippen LogP contribution in [0, 0.1) is 0 Å². The first-order valence-corrected chi connectivity index (χ1v) is 8.91. The number of nitrogens with zero attached hydrogens (tertiary/aromatic N) is 1. The predicted octanol–water partition coefficient (Wildman–Crippen LogP) is 3.46. The highest BCUT2D eigenvalue weighted by Crippen LogP contribution is 2.44. The second kappa shape index (κ2) is 6.39. The van der Waals surface area contributed by atoms with E-state index in [9.17, 15) is 14.7 Å². The van der Waals surface area contributed by atoms with E-state index >= 15 is 0 Å². The minimum absolute atomic E-state index is 0.0491. The van der Waals surface area contributed by atoms with Gasteiger partial charge < -0.3 is 14.6 Å². The molecule has 1 aliphatic carbocycles. The lowest BCUT2D eigenvalue weighted by molar-refractivity contribution is -0.142. The summed E-state index contributed by atoms with van der Waals surface area (Å²) in [6, 6.07) is 15.1. The Hall–Kier alpha value is -2.86. The van der Waals surface area contributed by atoms with E-state index in [1.165, 1.54) is 4.90 Å². The molecule has 2 aromatic rings. The van der Waals surface area contributed by atoms with Crippen molar-refractivity contribution in [1.29, 1.82) is 0 Å². The Bertz CT molecular complexity index is 861. The Balaban J connectivity index is 1.57. The fraction of sp³-hybridized carbons (Fsp3) is 0.333. The van der Waals surface area contributed by atoms with Crippen LogP contribution < -0.4 is 0 Å². The topological polar surface area (TPSA) is 76.1 Å². The van der Waals surface area contributed by atoms with Crippen LogP contribution in [0.1, 0.15) is 30.9 Å². The molecular weight excluding hydrogens is 346 g/mol. The van der Waals surface area contributed by atoms with Gasteiger partial charge in [-0.3, -0.25) is 4.90 Å². The zero-order chi connectivity index (χ0) is 19.2. The van der Waals surface area contributed by atoms with Crippen LogP contribution >= 0.6 is 0 Å². The highest BCUT2D eigenvalue weighted by Gasteiger charge is 2.48. The number of amides is 1. The molecule has 1 heterocycles. The second-order valence-electron chi connectivity index (χ2n) is 7.29. The standard InChI is InChI=1S/C21H21NO5/c1-21(2)22(18(12-27-21)19(23)24)20(25)26-11-17-15-9-5-3-7-13(15)14-8-4-6-10-16(14)17/h3-10,17-18H,11-12H2,1-2H3,(H,23,24). The molecule has 1 unspecified atom stereocenters. The van der Waals surface area contributed by atoms with Gasteiger partial charge in [0.1, 0.15) is 12.3 Å². The average molecular weight is 367 g/mol. The van der Waals surface area contributed by atoms with E-state index in [2.05, 4.69) is 12.1 Å². The van der Waals surface area contributed by atoms with Gasteiger partial charge in [-0.2, -0.15) is 0 Å². The number of benzene rings is 2. The molecule has 6 nitrogen and oxygen atoms in total. The Morgan fingerprint density at radius 2 is 1.67 bits per heavy atom. The molecule has 1 N–H and O–H groups in total. The first kappa shape index (κ1) is 17.5. The molecule has 1 aliphatic heterocycles. The van der Waals surface area contributed by atoms with Crippen LogP contribution in [-0.2, 0) is 14.3 Å². The van der Waals surface area contributed by atoms with E-state index in [1.54, 1.807) is 13.8 Å². The molecule has 2 aromatic carbocycles. The van der Waals surface area contributed by atoms with Crippen molar-refractivity contribution < 1.29 is 24.2 Å². The van der Waals surface area contributed by atoms with Gasteiger partial charge in [0.05, 0.1) is 6.61 Å². The van der Waals surface area contributed by atoms with E-state index in [1.807, 2.05) is 36.4 Å². The fourth-order valence-electron chi connectivity index (χ4n) is 3.99. The average Bonchev–Trinajstić information content (AvgIpc) is 3.14. The van der Waals surface area contributed by atoms with Gasteiger partial charge in [0.2, 0.25) is 0 Å². The molecule has 1 saturated heterocycles. The van der Waals surface area contributed by atoms with E-state index in [0.29, 0.717) is 0 Å². The van der Waals surface area contributed by atoms with Crippen molar-refractivity contribution in [3.05, 3.63) is 59.7 Å². The smallest absolute Gasteiger partial charge is 0.412 e. The van der Waals surface area contributed by atoms with Crippen LogP contribution in [0.5, 0.6) is 0 Å². The third-order valence-corrected chi connectivity index (χ3v) is 5.30. The summed E-state index contributed by atoms with van der Waals surface area (Å²) in [5, 5.41) is 9.38. The van der Waals surface area contributed by atoms with Gasteiger partial charge in [-0.25, -0.2) is 9.59 Å². The lowest BCUT2D eigenvalue weighted by Crippen LogP contribution is -2.51. The number of hydrogen-bond donors (Lipinski definition) is 1. The Morgan fingerprint density at radius 1 is 1.11 bits per heavy atom.